The number of carbonyl (C=O) groups is 2. The van der Waals surface area contributed by atoms with E-state index in [1.165, 1.54) is 22.7 Å². The number of carbonyl (C=O) groups excluding carboxylic acids is 1. The van der Waals surface area contributed by atoms with E-state index in [0.29, 0.717) is 10.6 Å². The summed E-state index contributed by atoms with van der Waals surface area (Å²) < 4.78 is 1.95. The normalized spacial score (nSPS) is 11.0. The van der Waals surface area contributed by atoms with Crippen molar-refractivity contribution in [2.24, 2.45) is 0 Å². The van der Waals surface area contributed by atoms with Gasteiger partial charge >= 0.3 is 5.97 Å². The van der Waals surface area contributed by atoms with Crippen LogP contribution < -0.4 is 5.32 Å². The molecule has 2 heterocycles. The van der Waals surface area contributed by atoms with Gasteiger partial charge in [-0.15, -0.1) is 22.7 Å². The molecule has 118 valence electrons. The minimum absolute atomic E-state index is 0.163. The highest BCUT2D eigenvalue weighted by Crippen LogP contribution is 2.29. The second-order valence-corrected chi connectivity index (χ2v) is 7.44. The number of carboxylic acid groups (broad SMARTS) is 1. The monoisotopic (exact) mass is 353 g/mol. The van der Waals surface area contributed by atoms with Gasteiger partial charge in [-0.3, -0.25) is 4.79 Å². The summed E-state index contributed by atoms with van der Waals surface area (Å²) in [6.45, 7) is 0. The SMILES string of the molecule is O=C(O)c1cc2cc(NC(=O)c3cc4ccccc4s3)ccc2s1. The van der Waals surface area contributed by atoms with Crippen LogP contribution in [0.1, 0.15) is 19.3 Å². The van der Waals surface area contributed by atoms with Crippen LogP contribution in [0.5, 0.6) is 0 Å². The van der Waals surface area contributed by atoms with Gasteiger partial charge < -0.3 is 10.4 Å². The van der Waals surface area contributed by atoms with Gasteiger partial charge in [0.25, 0.3) is 5.91 Å². The van der Waals surface area contributed by atoms with Crippen molar-refractivity contribution in [1.29, 1.82) is 0 Å². The van der Waals surface area contributed by atoms with Crippen molar-refractivity contribution in [1.82, 2.24) is 0 Å². The molecule has 2 aromatic carbocycles. The lowest BCUT2D eigenvalue weighted by molar-refractivity contribution is 0.0702. The van der Waals surface area contributed by atoms with Crippen LogP contribution in [0.15, 0.2) is 54.6 Å². The fraction of sp³-hybridized carbons (Fsp3) is 0. The number of benzene rings is 2. The van der Waals surface area contributed by atoms with Gasteiger partial charge in [0.05, 0.1) is 4.88 Å². The molecule has 6 heteroatoms. The van der Waals surface area contributed by atoms with E-state index in [-0.39, 0.29) is 10.8 Å². The van der Waals surface area contributed by atoms with Crippen molar-refractivity contribution < 1.29 is 14.7 Å². The zero-order chi connectivity index (χ0) is 16.7. The Morgan fingerprint density at radius 3 is 2.33 bits per heavy atom. The first-order valence-corrected chi connectivity index (χ1v) is 8.80. The number of hydrogen-bond acceptors (Lipinski definition) is 4. The highest BCUT2D eigenvalue weighted by molar-refractivity contribution is 7.21. The van der Waals surface area contributed by atoms with E-state index in [2.05, 4.69) is 5.32 Å². The molecule has 0 atom stereocenters. The molecule has 0 fully saturated rings. The van der Waals surface area contributed by atoms with Crippen LogP contribution >= 0.6 is 22.7 Å². The molecule has 0 saturated heterocycles. The Balaban J connectivity index is 1.62. The van der Waals surface area contributed by atoms with Gasteiger partial charge in [-0.2, -0.15) is 0 Å². The predicted octanol–water partition coefficient (Wildman–Crippen LogP) is 5.07. The lowest BCUT2D eigenvalue weighted by Gasteiger charge is -2.03. The van der Waals surface area contributed by atoms with E-state index in [9.17, 15) is 9.59 Å². The van der Waals surface area contributed by atoms with Crippen molar-refractivity contribution in [2.75, 3.05) is 5.32 Å². The Bertz CT molecular complexity index is 1060. The Morgan fingerprint density at radius 2 is 1.54 bits per heavy atom. The fourth-order valence-corrected chi connectivity index (χ4v) is 4.35. The first kappa shape index (κ1) is 14.9. The van der Waals surface area contributed by atoms with Crippen LogP contribution in [-0.2, 0) is 0 Å². The second kappa shape index (κ2) is 5.74. The molecule has 0 spiro atoms. The van der Waals surface area contributed by atoms with Gasteiger partial charge in [-0.05, 0) is 47.2 Å². The average molecular weight is 353 g/mol. The first-order chi connectivity index (χ1) is 11.6. The van der Waals surface area contributed by atoms with Crippen LogP contribution in [0.4, 0.5) is 5.69 Å². The van der Waals surface area contributed by atoms with Crippen LogP contribution in [0.2, 0.25) is 0 Å². The molecule has 0 radical (unpaired) electrons. The van der Waals surface area contributed by atoms with E-state index in [4.69, 9.17) is 5.11 Å². The van der Waals surface area contributed by atoms with E-state index in [1.807, 2.05) is 36.4 Å². The smallest absolute Gasteiger partial charge is 0.345 e. The zero-order valence-electron chi connectivity index (χ0n) is 12.3. The quantitative estimate of drug-likeness (QED) is 0.540. The summed E-state index contributed by atoms with van der Waals surface area (Å²) in [6, 6.07) is 16.8. The van der Waals surface area contributed by atoms with Crippen molar-refractivity contribution in [3.8, 4) is 0 Å². The summed E-state index contributed by atoms with van der Waals surface area (Å²) in [5.41, 5.74) is 0.652. The molecule has 1 amide bonds. The van der Waals surface area contributed by atoms with Crippen LogP contribution in [-0.4, -0.2) is 17.0 Å². The van der Waals surface area contributed by atoms with Gasteiger partial charge in [0.1, 0.15) is 4.88 Å². The number of carboxylic acids is 1. The van der Waals surface area contributed by atoms with Crippen molar-refractivity contribution >= 4 is 60.4 Å². The number of rotatable bonds is 3. The van der Waals surface area contributed by atoms with E-state index in [0.717, 1.165) is 20.2 Å². The summed E-state index contributed by atoms with van der Waals surface area (Å²) in [6.07, 6.45) is 0. The first-order valence-electron chi connectivity index (χ1n) is 7.17. The average Bonchev–Trinajstić information content (AvgIpc) is 3.18. The number of nitrogens with one attached hydrogen (secondary N) is 1. The summed E-state index contributed by atoms with van der Waals surface area (Å²) >= 11 is 2.67. The Labute approximate surface area is 145 Å². The highest BCUT2D eigenvalue weighted by atomic mass is 32.1. The number of aromatic carboxylic acids is 1. The Morgan fingerprint density at radius 1 is 0.833 bits per heavy atom. The molecule has 4 rings (SSSR count). The lowest BCUT2D eigenvalue weighted by atomic mass is 10.2. The molecule has 2 aromatic heterocycles. The van der Waals surface area contributed by atoms with Crippen LogP contribution in [0.3, 0.4) is 0 Å². The molecule has 4 nitrogen and oxygen atoms in total. The van der Waals surface area contributed by atoms with Gasteiger partial charge in [0, 0.05) is 15.1 Å². The number of amides is 1. The third-order valence-electron chi connectivity index (χ3n) is 3.63. The number of thiophene rings is 2. The topological polar surface area (TPSA) is 66.4 Å². The van der Waals surface area contributed by atoms with Gasteiger partial charge in [-0.25, -0.2) is 4.79 Å². The third kappa shape index (κ3) is 2.66. The van der Waals surface area contributed by atoms with Gasteiger partial charge in [0.15, 0.2) is 0 Å². The Hall–Kier alpha value is -2.70. The summed E-state index contributed by atoms with van der Waals surface area (Å²) in [5, 5.41) is 13.8. The molecular formula is C18H11NO3S2. The van der Waals surface area contributed by atoms with Gasteiger partial charge in [0.2, 0.25) is 0 Å². The molecule has 0 aliphatic heterocycles. The Kier molecular flexibility index (Phi) is 3.55. The molecule has 4 aromatic rings. The molecule has 0 unspecified atom stereocenters. The third-order valence-corrected chi connectivity index (χ3v) is 5.85. The maximum absolute atomic E-state index is 12.4. The van der Waals surface area contributed by atoms with E-state index >= 15 is 0 Å². The summed E-state index contributed by atoms with van der Waals surface area (Å²) in [4.78, 5) is 24.4. The fourth-order valence-electron chi connectivity index (χ4n) is 2.51. The number of hydrogen-bond donors (Lipinski definition) is 2. The number of anilines is 1. The standard InChI is InChI=1S/C18H11NO3S2/c20-17(15-8-10-3-1-2-4-13(10)23-15)19-12-5-6-14-11(7-12)9-16(24-14)18(21)22/h1-9H,(H,19,20)(H,21,22). The maximum atomic E-state index is 12.4. The number of fused-ring (bicyclic) bond motifs is 2. The van der Waals surface area contributed by atoms with Crippen molar-refractivity contribution in [3.05, 3.63) is 64.4 Å². The van der Waals surface area contributed by atoms with Gasteiger partial charge in [-0.1, -0.05) is 18.2 Å². The minimum atomic E-state index is -0.938. The second-order valence-electron chi connectivity index (χ2n) is 5.27. The van der Waals surface area contributed by atoms with Crippen molar-refractivity contribution in [2.45, 2.75) is 0 Å². The van der Waals surface area contributed by atoms with Crippen molar-refractivity contribution in [3.63, 3.8) is 0 Å². The molecule has 0 saturated carbocycles. The molecule has 0 aliphatic carbocycles. The zero-order valence-corrected chi connectivity index (χ0v) is 13.9. The maximum Gasteiger partial charge on any atom is 0.345 e. The largest absolute Gasteiger partial charge is 0.477 e. The summed E-state index contributed by atoms with van der Waals surface area (Å²) in [5.74, 6) is -1.10. The van der Waals surface area contributed by atoms with E-state index in [1.54, 1.807) is 18.2 Å². The lowest BCUT2D eigenvalue weighted by Crippen LogP contribution is -2.09. The molecule has 24 heavy (non-hydrogen) atoms. The predicted molar refractivity (Wildman–Crippen MR) is 98.6 cm³/mol. The molecule has 0 aliphatic rings. The molecule has 2 N–H and O–H groups in total. The molecular weight excluding hydrogens is 342 g/mol. The summed E-state index contributed by atoms with van der Waals surface area (Å²) in [7, 11) is 0. The highest BCUT2D eigenvalue weighted by Gasteiger charge is 2.12. The minimum Gasteiger partial charge on any atom is -0.477 e. The van der Waals surface area contributed by atoms with Crippen LogP contribution in [0.25, 0.3) is 20.2 Å². The molecule has 0 bridgehead atoms. The van der Waals surface area contributed by atoms with E-state index < -0.39 is 5.97 Å². The van der Waals surface area contributed by atoms with Crippen LogP contribution in [0, 0.1) is 0 Å².